The Balaban J connectivity index is 4.43. The van der Waals surface area contributed by atoms with Gasteiger partial charge in [-0.05, 0) is 19.3 Å². The topological polar surface area (TPSA) is 43.4 Å². The standard InChI is InChI=1S/C12H21O3S2/c1-6-9(4)17-11(14)12(5,16)10(13)15-7-8(2)3/h8-9H,6-7H2,1-5H3. The lowest BCUT2D eigenvalue weighted by Crippen LogP contribution is -2.39. The molecular weight excluding hydrogens is 256 g/mol. The number of hydrogen-bond donors (Lipinski definition) is 0. The normalized spacial score (nSPS) is 16.4. The molecule has 0 spiro atoms. The number of thioether (sulfide) groups is 1. The molecule has 0 heterocycles. The quantitative estimate of drug-likeness (QED) is 0.552. The van der Waals surface area contributed by atoms with Crippen molar-refractivity contribution in [2.45, 2.75) is 51.0 Å². The molecule has 2 atom stereocenters. The van der Waals surface area contributed by atoms with E-state index < -0.39 is 10.7 Å². The second kappa shape index (κ2) is 7.31. The van der Waals surface area contributed by atoms with E-state index in [1.54, 1.807) is 0 Å². The van der Waals surface area contributed by atoms with Gasteiger partial charge in [-0.3, -0.25) is 9.59 Å². The number of carbonyl (C=O) groups is 2. The van der Waals surface area contributed by atoms with E-state index >= 15 is 0 Å². The molecule has 0 amide bonds. The van der Waals surface area contributed by atoms with Crippen molar-refractivity contribution in [1.29, 1.82) is 0 Å². The Morgan fingerprint density at radius 1 is 1.35 bits per heavy atom. The molecule has 0 aliphatic rings. The van der Waals surface area contributed by atoms with Crippen molar-refractivity contribution in [3.05, 3.63) is 0 Å². The molecule has 17 heavy (non-hydrogen) atoms. The third kappa shape index (κ3) is 5.82. The number of hydrogen-bond acceptors (Lipinski definition) is 4. The molecule has 0 aromatic heterocycles. The van der Waals surface area contributed by atoms with Gasteiger partial charge in [-0.2, -0.15) is 0 Å². The highest BCUT2D eigenvalue weighted by atomic mass is 32.2. The molecule has 0 fully saturated rings. The number of rotatable bonds is 6. The van der Waals surface area contributed by atoms with Gasteiger partial charge in [0, 0.05) is 5.25 Å². The lowest BCUT2D eigenvalue weighted by Gasteiger charge is -2.20. The van der Waals surface area contributed by atoms with E-state index in [-0.39, 0.29) is 16.3 Å². The zero-order chi connectivity index (χ0) is 13.6. The van der Waals surface area contributed by atoms with Crippen LogP contribution >= 0.6 is 24.4 Å². The first-order valence-corrected chi connectivity index (χ1v) is 7.09. The highest BCUT2D eigenvalue weighted by Crippen LogP contribution is 2.27. The summed E-state index contributed by atoms with van der Waals surface area (Å²) in [6, 6.07) is 0. The van der Waals surface area contributed by atoms with Gasteiger partial charge in [0.2, 0.25) is 5.12 Å². The molecule has 0 aromatic carbocycles. The SMILES string of the molecule is CCC(C)SC(=O)C(C)([S])C(=O)OCC(C)C. The summed E-state index contributed by atoms with van der Waals surface area (Å²) < 4.78 is 3.56. The van der Waals surface area contributed by atoms with E-state index in [1.807, 2.05) is 27.7 Å². The first kappa shape index (κ1) is 16.8. The lowest BCUT2D eigenvalue weighted by molar-refractivity contribution is -0.148. The van der Waals surface area contributed by atoms with Crippen LogP contribution in [0.15, 0.2) is 0 Å². The predicted octanol–water partition coefficient (Wildman–Crippen LogP) is 3.20. The Morgan fingerprint density at radius 3 is 2.29 bits per heavy atom. The van der Waals surface area contributed by atoms with Gasteiger partial charge >= 0.3 is 5.97 Å². The number of esters is 1. The van der Waals surface area contributed by atoms with Crippen molar-refractivity contribution >= 4 is 35.5 Å². The summed E-state index contributed by atoms with van der Waals surface area (Å²) in [7, 11) is 0. The summed E-state index contributed by atoms with van der Waals surface area (Å²) >= 11 is 6.19. The van der Waals surface area contributed by atoms with Crippen LogP contribution in [0.5, 0.6) is 0 Å². The van der Waals surface area contributed by atoms with Crippen LogP contribution in [-0.4, -0.2) is 27.7 Å². The fraction of sp³-hybridized carbons (Fsp3) is 0.833. The highest BCUT2D eigenvalue weighted by molar-refractivity contribution is 8.15. The van der Waals surface area contributed by atoms with E-state index in [2.05, 4.69) is 0 Å². The second-order valence-electron chi connectivity index (χ2n) is 4.65. The van der Waals surface area contributed by atoms with Crippen LogP contribution < -0.4 is 0 Å². The molecule has 99 valence electrons. The molecular formula is C12H21O3S2. The van der Waals surface area contributed by atoms with Crippen LogP contribution in [0, 0.1) is 5.92 Å². The zero-order valence-corrected chi connectivity index (χ0v) is 12.7. The zero-order valence-electron chi connectivity index (χ0n) is 11.1. The minimum absolute atomic E-state index is 0.169. The lowest BCUT2D eigenvalue weighted by atomic mass is 10.2. The molecule has 3 nitrogen and oxygen atoms in total. The van der Waals surface area contributed by atoms with E-state index in [1.165, 1.54) is 6.92 Å². The van der Waals surface area contributed by atoms with Gasteiger partial charge in [0.15, 0.2) is 4.75 Å². The average molecular weight is 277 g/mol. The van der Waals surface area contributed by atoms with E-state index in [4.69, 9.17) is 17.4 Å². The van der Waals surface area contributed by atoms with Crippen LogP contribution in [0.3, 0.4) is 0 Å². The molecule has 5 heteroatoms. The molecule has 0 aliphatic carbocycles. The summed E-state index contributed by atoms with van der Waals surface area (Å²) in [4.78, 5) is 23.6. The van der Waals surface area contributed by atoms with Gasteiger partial charge in [-0.25, -0.2) is 0 Å². The molecule has 2 unspecified atom stereocenters. The predicted molar refractivity (Wildman–Crippen MR) is 74.1 cm³/mol. The highest BCUT2D eigenvalue weighted by Gasteiger charge is 2.40. The van der Waals surface area contributed by atoms with Gasteiger partial charge in [0.1, 0.15) is 0 Å². The first-order valence-electron chi connectivity index (χ1n) is 5.80. The van der Waals surface area contributed by atoms with Crippen LogP contribution in [0.4, 0.5) is 0 Å². The smallest absolute Gasteiger partial charge is 0.331 e. The van der Waals surface area contributed by atoms with Gasteiger partial charge < -0.3 is 4.74 Å². The summed E-state index contributed by atoms with van der Waals surface area (Å²) in [6.45, 7) is 9.54. The molecule has 0 saturated heterocycles. The fourth-order valence-corrected chi connectivity index (χ4v) is 1.89. The molecule has 0 aromatic rings. The number of carbonyl (C=O) groups excluding carboxylic acids is 2. The van der Waals surface area contributed by atoms with E-state index in [0.29, 0.717) is 6.61 Å². The summed E-state index contributed by atoms with van der Waals surface area (Å²) in [6.07, 6.45) is 0.864. The van der Waals surface area contributed by atoms with Gasteiger partial charge in [0.05, 0.1) is 6.61 Å². The maximum absolute atomic E-state index is 11.9. The van der Waals surface area contributed by atoms with Crippen molar-refractivity contribution in [2.75, 3.05) is 6.61 Å². The molecule has 0 bridgehead atoms. The van der Waals surface area contributed by atoms with Gasteiger partial charge in [-0.1, -0.05) is 52.1 Å². The van der Waals surface area contributed by atoms with Crippen molar-refractivity contribution in [3.63, 3.8) is 0 Å². The third-order valence-corrected chi connectivity index (χ3v) is 4.05. The number of ether oxygens (including phenoxy) is 1. The van der Waals surface area contributed by atoms with Crippen LogP contribution in [-0.2, 0) is 14.3 Å². The minimum Gasteiger partial charge on any atom is -0.464 e. The van der Waals surface area contributed by atoms with E-state index in [0.717, 1.165) is 18.2 Å². The van der Waals surface area contributed by atoms with Crippen LogP contribution in [0.25, 0.3) is 0 Å². The van der Waals surface area contributed by atoms with Crippen molar-refractivity contribution in [1.82, 2.24) is 0 Å². The molecule has 1 radical (unpaired) electrons. The summed E-state index contributed by atoms with van der Waals surface area (Å²) in [5, 5.41) is -0.127. The first-order chi connectivity index (χ1) is 7.71. The van der Waals surface area contributed by atoms with Gasteiger partial charge in [0.25, 0.3) is 0 Å². The molecule has 0 saturated carbocycles. The van der Waals surface area contributed by atoms with E-state index in [9.17, 15) is 9.59 Å². The molecule has 0 rings (SSSR count). The van der Waals surface area contributed by atoms with Crippen molar-refractivity contribution in [2.24, 2.45) is 5.92 Å². The Hall–Kier alpha value is -0.160. The maximum Gasteiger partial charge on any atom is 0.331 e. The summed E-state index contributed by atoms with van der Waals surface area (Å²) in [5.41, 5.74) is 0. The van der Waals surface area contributed by atoms with Crippen LogP contribution in [0.2, 0.25) is 0 Å². The maximum atomic E-state index is 11.9. The Bertz CT molecular complexity index is 275. The molecule has 0 aliphatic heterocycles. The largest absolute Gasteiger partial charge is 0.464 e. The minimum atomic E-state index is -1.47. The summed E-state index contributed by atoms with van der Waals surface area (Å²) in [5.74, 6) is -0.371. The Kier molecular flexibility index (Phi) is 7.24. The Morgan fingerprint density at radius 2 is 1.88 bits per heavy atom. The van der Waals surface area contributed by atoms with Gasteiger partial charge in [-0.15, -0.1) is 0 Å². The second-order valence-corrected chi connectivity index (χ2v) is 6.88. The molecule has 0 N–H and O–H groups in total. The van der Waals surface area contributed by atoms with Crippen molar-refractivity contribution in [3.8, 4) is 0 Å². The van der Waals surface area contributed by atoms with Crippen LogP contribution in [0.1, 0.15) is 41.0 Å². The fourth-order valence-electron chi connectivity index (χ4n) is 0.842. The third-order valence-electron chi connectivity index (χ3n) is 2.21. The Labute approximate surface area is 113 Å². The average Bonchev–Trinajstić information content (AvgIpc) is 2.25. The van der Waals surface area contributed by atoms with Crippen molar-refractivity contribution < 1.29 is 14.3 Å². The monoisotopic (exact) mass is 277 g/mol.